The first-order valence-corrected chi connectivity index (χ1v) is 9.57. The van der Waals surface area contributed by atoms with E-state index in [4.69, 9.17) is 4.74 Å². The van der Waals surface area contributed by atoms with Crippen molar-refractivity contribution in [3.8, 4) is 0 Å². The summed E-state index contributed by atoms with van der Waals surface area (Å²) in [6.07, 6.45) is 0. The number of nitrogens with zero attached hydrogens (tertiary/aromatic N) is 1. The number of aryl methyl sites for hydroxylation is 1. The zero-order valence-electron chi connectivity index (χ0n) is 16.2. The molecule has 146 valence electrons. The molecule has 0 saturated heterocycles. The number of ether oxygens (including phenoxy) is 1. The smallest absolute Gasteiger partial charge is 0.258 e. The van der Waals surface area contributed by atoms with Crippen molar-refractivity contribution in [2.24, 2.45) is 0 Å². The van der Waals surface area contributed by atoms with Crippen molar-refractivity contribution in [3.63, 3.8) is 0 Å². The van der Waals surface area contributed by atoms with Crippen LogP contribution in [0.25, 0.3) is 0 Å². The molecule has 0 atom stereocenters. The number of rotatable bonds is 3. The number of carbonyl (C=O) groups excluding carboxylic acids is 2. The SMILES string of the molecule is Cc1cccc(C(=O)Nc2ccc(C(=O)N3CCOCc4ccccc43)cc2)c1. The average Bonchev–Trinajstić information content (AvgIpc) is 2.96. The summed E-state index contributed by atoms with van der Waals surface area (Å²) in [5.41, 5.74) is 4.72. The average molecular weight is 386 g/mol. The molecule has 2 amide bonds. The Morgan fingerprint density at radius 1 is 0.931 bits per heavy atom. The zero-order valence-corrected chi connectivity index (χ0v) is 16.2. The van der Waals surface area contributed by atoms with Gasteiger partial charge in [0.05, 0.1) is 13.2 Å². The molecule has 0 saturated carbocycles. The van der Waals surface area contributed by atoms with Gasteiger partial charge in [0.1, 0.15) is 0 Å². The van der Waals surface area contributed by atoms with Gasteiger partial charge in [-0.1, -0.05) is 35.9 Å². The van der Waals surface area contributed by atoms with Gasteiger partial charge in [-0.05, 0) is 49.4 Å². The van der Waals surface area contributed by atoms with E-state index in [0.717, 1.165) is 16.8 Å². The molecule has 0 aromatic heterocycles. The normalized spacial score (nSPS) is 13.3. The van der Waals surface area contributed by atoms with Crippen molar-refractivity contribution in [3.05, 3.63) is 95.1 Å². The number of nitrogens with one attached hydrogen (secondary N) is 1. The van der Waals surface area contributed by atoms with Crippen molar-refractivity contribution in [1.82, 2.24) is 0 Å². The molecule has 5 nitrogen and oxygen atoms in total. The van der Waals surface area contributed by atoms with Gasteiger partial charge in [-0.3, -0.25) is 9.59 Å². The molecule has 0 bridgehead atoms. The highest BCUT2D eigenvalue weighted by atomic mass is 16.5. The van der Waals surface area contributed by atoms with Gasteiger partial charge in [-0.25, -0.2) is 0 Å². The first kappa shape index (κ1) is 18.9. The third kappa shape index (κ3) is 4.20. The molecular weight excluding hydrogens is 364 g/mol. The zero-order chi connectivity index (χ0) is 20.2. The van der Waals surface area contributed by atoms with Gasteiger partial charge >= 0.3 is 0 Å². The van der Waals surface area contributed by atoms with Crippen LogP contribution in [-0.2, 0) is 11.3 Å². The minimum absolute atomic E-state index is 0.0838. The summed E-state index contributed by atoms with van der Waals surface area (Å²) in [5, 5.41) is 2.87. The Labute approximate surface area is 169 Å². The van der Waals surface area contributed by atoms with Crippen LogP contribution in [-0.4, -0.2) is 25.0 Å². The first-order chi connectivity index (χ1) is 14.1. The first-order valence-electron chi connectivity index (χ1n) is 9.57. The molecule has 0 spiro atoms. The van der Waals surface area contributed by atoms with Crippen molar-refractivity contribution in [1.29, 1.82) is 0 Å². The molecule has 1 aliphatic heterocycles. The topological polar surface area (TPSA) is 58.6 Å². The van der Waals surface area contributed by atoms with E-state index in [1.165, 1.54) is 0 Å². The molecule has 0 radical (unpaired) electrons. The number of anilines is 2. The van der Waals surface area contributed by atoms with Gasteiger partial charge in [0.25, 0.3) is 11.8 Å². The maximum Gasteiger partial charge on any atom is 0.258 e. The predicted molar refractivity (Wildman–Crippen MR) is 113 cm³/mol. The van der Waals surface area contributed by atoms with Crippen LogP contribution in [0.3, 0.4) is 0 Å². The molecule has 29 heavy (non-hydrogen) atoms. The van der Waals surface area contributed by atoms with Crippen LogP contribution in [0.15, 0.2) is 72.8 Å². The van der Waals surface area contributed by atoms with Crippen molar-refractivity contribution < 1.29 is 14.3 Å². The second-order valence-electron chi connectivity index (χ2n) is 7.04. The second kappa shape index (κ2) is 8.29. The largest absolute Gasteiger partial charge is 0.375 e. The van der Waals surface area contributed by atoms with Crippen molar-refractivity contribution in [2.75, 3.05) is 23.4 Å². The van der Waals surface area contributed by atoms with Crippen molar-refractivity contribution in [2.45, 2.75) is 13.5 Å². The fourth-order valence-electron chi connectivity index (χ4n) is 3.41. The Morgan fingerprint density at radius 2 is 1.72 bits per heavy atom. The second-order valence-corrected chi connectivity index (χ2v) is 7.04. The molecule has 3 aromatic rings. The van der Waals surface area contributed by atoms with Crippen LogP contribution < -0.4 is 10.2 Å². The van der Waals surface area contributed by atoms with E-state index >= 15 is 0 Å². The van der Waals surface area contributed by atoms with Gasteiger partial charge in [-0.2, -0.15) is 0 Å². The van der Waals surface area contributed by atoms with E-state index < -0.39 is 0 Å². The number of para-hydroxylation sites is 1. The number of fused-ring (bicyclic) bond motifs is 1. The number of benzene rings is 3. The minimum atomic E-state index is -0.175. The molecule has 0 fully saturated rings. The molecular formula is C24H22N2O3. The van der Waals surface area contributed by atoms with Crippen molar-refractivity contribution >= 4 is 23.2 Å². The van der Waals surface area contributed by atoms with Gasteiger partial charge in [-0.15, -0.1) is 0 Å². The Balaban J connectivity index is 1.51. The molecule has 4 rings (SSSR count). The highest BCUT2D eigenvalue weighted by Gasteiger charge is 2.22. The van der Waals surface area contributed by atoms with Crippen LogP contribution >= 0.6 is 0 Å². The Hall–Kier alpha value is -3.44. The summed E-state index contributed by atoms with van der Waals surface area (Å²) in [4.78, 5) is 27.3. The monoisotopic (exact) mass is 386 g/mol. The standard InChI is InChI=1S/C24H22N2O3/c1-17-5-4-7-19(15-17)23(27)25-21-11-9-18(10-12-21)24(28)26-13-14-29-16-20-6-2-3-8-22(20)26/h2-12,15H,13-14,16H2,1H3,(H,25,27). The highest BCUT2D eigenvalue weighted by Crippen LogP contribution is 2.25. The van der Waals surface area contributed by atoms with Gasteiger partial charge in [0.15, 0.2) is 0 Å². The van der Waals surface area contributed by atoms with E-state index in [0.29, 0.717) is 36.6 Å². The van der Waals surface area contributed by atoms with E-state index in [-0.39, 0.29) is 11.8 Å². The molecule has 3 aromatic carbocycles. The van der Waals surface area contributed by atoms with Crippen LogP contribution in [0.4, 0.5) is 11.4 Å². The predicted octanol–water partition coefficient (Wildman–Crippen LogP) is 4.42. The Morgan fingerprint density at radius 3 is 2.52 bits per heavy atom. The summed E-state index contributed by atoms with van der Waals surface area (Å²) in [7, 11) is 0. The third-order valence-electron chi connectivity index (χ3n) is 4.91. The highest BCUT2D eigenvalue weighted by molar-refractivity contribution is 6.07. The van der Waals surface area contributed by atoms with Crippen LogP contribution in [0.5, 0.6) is 0 Å². The van der Waals surface area contributed by atoms with E-state index in [1.54, 1.807) is 35.2 Å². The lowest BCUT2D eigenvalue weighted by Gasteiger charge is -2.22. The molecule has 1 heterocycles. The summed E-state index contributed by atoms with van der Waals surface area (Å²) in [6, 6.07) is 22.2. The third-order valence-corrected chi connectivity index (χ3v) is 4.91. The maximum absolute atomic E-state index is 13.1. The van der Waals surface area contributed by atoms with Gasteiger partial charge in [0, 0.05) is 34.6 Å². The number of amides is 2. The lowest BCUT2D eigenvalue weighted by atomic mass is 10.1. The van der Waals surface area contributed by atoms with E-state index in [9.17, 15) is 9.59 Å². The number of hydrogen-bond acceptors (Lipinski definition) is 3. The van der Waals surface area contributed by atoms with E-state index in [1.807, 2.05) is 49.4 Å². The van der Waals surface area contributed by atoms with Crippen LogP contribution in [0.1, 0.15) is 31.8 Å². The summed E-state index contributed by atoms with van der Waals surface area (Å²) >= 11 is 0. The minimum Gasteiger partial charge on any atom is -0.375 e. The summed E-state index contributed by atoms with van der Waals surface area (Å²) in [6.45, 7) is 3.44. The number of hydrogen-bond donors (Lipinski definition) is 1. The lowest BCUT2D eigenvalue weighted by Crippen LogP contribution is -2.33. The fraction of sp³-hybridized carbons (Fsp3) is 0.167. The number of carbonyl (C=O) groups is 2. The van der Waals surface area contributed by atoms with Gasteiger partial charge < -0.3 is 15.0 Å². The van der Waals surface area contributed by atoms with Crippen LogP contribution in [0.2, 0.25) is 0 Å². The lowest BCUT2D eigenvalue weighted by molar-refractivity contribution is 0.0965. The van der Waals surface area contributed by atoms with Gasteiger partial charge in [0.2, 0.25) is 0 Å². The Bertz CT molecular complexity index is 1040. The molecule has 1 N–H and O–H groups in total. The molecule has 0 unspecified atom stereocenters. The van der Waals surface area contributed by atoms with Crippen LogP contribution in [0, 0.1) is 6.92 Å². The molecule has 0 aliphatic carbocycles. The summed E-state index contributed by atoms with van der Waals surface area (Å²) in [5.74, 6) is -0.258. The Kier molecular flexibility index (Phi) is 5.40. The maximum atomic E-state index is 13.1. The van der Waals surface area contributed by atoms with E-state index in [2.05, 4.69) is 5.32 Å². The fourth-order valence-corrected chi connectivity index (χ4v) is 3.41. The molecule has 5 heteroatoms. The summed E-state index contributed by atoms with van der Waals surface area (Å²) < 4.78 is 5.61. The quantitative estimate of drug-likeness (QED) is 0.725. The molecule has 1 aliphatic rings.